The van der Waals surface area contributed by atoms with Crippen LogP contribution in [0.3, 0.4) is 0 Å². The first-order valence-corrected chi connectivity index (χ1v) is 7.17. The van der Waals surface area contributed by atoms with Crippen molar-refractivity contribution in [1.82, 2.24) is 5.32 Å². The molecule has 1 N–H and O–H groups in total. The van der Waals surface area contributed by atoms with E-state index in [0.29, 0.717) is 12.1 Å². The van der Waals surface area contributed by atoms with Crippen LogP contribution in [-0.2, 0) is 4.74 Å². The largest absolute Gasteiger partial charge is 0.497 e. The maximum atomic E-state index is 5.29. The summed E-state index contributed by atoms with van der Waals surface area (Å²) in [4.78, 5) is 0. The van der Waals surface area contributed by atoms with Gasteiger partial charge < -0.3 is 14.8 Å². The minimum absolute atomic E-state index is 0.428. The van der Waals surface area contributed by atoms with Crippen molar-refractivity contribution in [3.05, 3.63) is 29.8 Å². The minimum atomic E-state index is 0.428. The van der Waals surface area contributed by atoms with Crippen molar-refractivity contribution in [3.8, 4) is 5.75 Å². The van der Waals surface area contributed by atoms with E-state index in [1.807, 2.05) is 12.1 Å². The molecule has 2 rings (SSSR count). The molecule has 1 aromatic carbocycles. The van der Waals surface area contributed by atoms with Crippen LogP contribution in [0.1, 0.15) is 37.8 Å². The molecule has 0 spiro atoms. The molecule has 2 unspecified atom stereocenters. The number of hydrogen-bond donors (Lipinski definition) is 1. The molecule has 1 saturated carbocycles. The Bertz CT molecular complexity index is 373. The lowest BCUT2D eigenvalue weighted by Gasteiger charge is -2.25. The Balaban J connectivity index is 2.05. The summed E-state index contributed by atoms with van der Waals surface area (Å²) in [6.07, 6.45) is 3.74. The molecule has 106 valence electrons. The molecule has 0 heterocycles. The quantitative estimate of drug-likeness (QED) is 0.781. The molecule has 1 aliphatic carbocycles. The lowest BCUT2D eigenvalue weighted by molar-refractivity contribution is 0.156. The van der Waals surface area contributed by atoms with E-state index in [9.17, 15) is 0 Å². The van der Waals surface area contributed by atoms with E-state index >= 15 is 0 Å². The van der Waals surface area contributed by atoms with Gasteiger partial charge in [0.25, 0.3) is 0 Å². The summed E-state index contributed by atoms with van der Waals surface area (Å²) in [5.41, 5.74) is 1.36. The zero-order chi connectivity index (χ0) is 13.7. The van der Waals surface area contributed by atoms with Gasteiger partial charge in [-0.05, 0) is 42.9 Å². The summed E-state index contributed by atoms with van der Waals surface area (Å²) >= 11 is 0. The highest BCUT2D eigenvalue weighted by Crippen LogP contribution is 2.41. The second kappa shape index (κ2) is 6.92. The van der Waals surface area contributed by atoms with Crippen LogP contribution >= 0.6 is 0 Å². The number of benzene rings is 1. The van der Waals surface area contributed by atoms with Gasteiger partial charge in [-0.25, -0.2) is 0 Å². The second-order valence-corrected chi connectivity index (χ2v) is 5.32. The van der Waals surface area contributed by atoms with Gasteiger partial charge in [0.15, 0.2) is 0 Å². The highest BCUT2D eigenvalue weighted by Gasteiger charge is 2.33. The Morgan fingerprint density at radius 3 is 2.37 bits per heavy atom. The smallest absolute Gasteiger partial charge is 0.118 e. The third-order valence-electron chi connectivity index (χ3n) is 3.84. The van der Waals surface area contributed by atoms with E-state index in [4.69, 9.17) is 9.47 Å². The first-order valence-electron chi connectivity index (χ1n) is 7.17. The molecule has 0 saturated heterocycles. The zero-order valence-electron chi connectivity index (χ0n) is 12.2. The summed E-state index contributed by atoms with van der Waals surface area (Å²) in [5.74, 6) is 1.70. The van der Waals surface area contributed by atoms with Gasteiger partial charge in [-0.15, -0.1) is 0 Å². The van der Waals surface area contributed by atoms with E-state index in [1.165, 1.54) is 18.4 Å². The molecule has 0 radical (unpaired) electrons. The fourth-order valence-electron chi connectivity index (χ4n) is 2.48. The highest BCUT2D eigenvalue weighted by molar-refractivity contribution is 5.30. The summed E-state index contributed by atoms with van der Waals surface area (Å²) < 4.78 is 10.5. The van der Waals surface area contributed by atoms with Gasteiger partial charge in [0, 0.05) is 19.2 Å². The average Bonchev–Trinajstić information content (AvgIpc) is 3.28. The van der Waals surface area contributed by atoms with E-state index in [-0.39, 0.29) is 0 Å². The standard InChI is InChI=1S/C16H25NO2/c1-4-14(11-18-2)17-16(12-5-6-12)13-7-9-15(19-3)10-8-13/h7-10,12,14,16-17H,4-6,11H2,1-3H3. The fraction of sp³-hybridized carbons (Fsp3) is 0.625. The lowest BCUT2D eigenvalue weighted by atomic mass is 10.0. The summed E-state index contributed by atoms with van der Waals surface area (Å²) in [7, 11) is 3.47. The van der Waals surface area contributed by atoms with Gasteiger partial charge in [-0.2, -0.15) is 0 Å². The number of rotatable bonds is 8. The summed E-state index contributed by atoms with van der Waals surface area (Å²) in [6, 6.07) is 9.32. The number of nitrogens with one attached hydrogen (secondary N) is 1. The van der Waals surface area contributed by atoms with Crippen molar-refractivity contribution in [2.45, 2.75) is 38.3 Å². The topological polar surface area (TPSA) is 30.5 Å². The SMILES string of the molecule is CCC(COC)NC(c1ccc(OC)cc1)C1CC1. The van der Waals surface area contributed by atoms with Gasteiger partial charge in [0.05, 0.1) is 13.7 Å². The van der Waals surface area contributed by atoms with Gasteiger partial charge in [-0.1, -0.05) is 19.1 Å². The molecular weight excluding hydrogens is 238 g/mol. The Labute approximate surface area is 116 Å². The maximum Gasteiger partial charge on any atom is 0.118 e. The molecule has 0 aromatic heterocycles. The second-order valence-electron chi connectivity index (χ2n) is 5.32. The predicted octanol–water partition coefficient (Wildman–Crippen LogP) is 3.16. The lowest BCUT2D eigenvalue weighted by Crippen LogP contribution is -2.36. The van der Waals surface area contributed by atoms with Crippen molar-refractivity contribution in [2.24, 2.45) is 5.92 Å². The Morgan fingerprint density at radius 1 is 1.21 bits per heavy atom. The normalized spacial score (nSPS) is 18.1. The van der Waals surface area contributed by atoms with Crippen LogP contribution in [0.15, 0.2) is 24.3 Å². The van der Waals surface area contributed by atoms with Gasteiger partial charge in [0.2, 0.25) is 0 Å². The van der Waals surface area contributed by atoms with Gasteiger partial charge >= 0.3 is 0 Å². The first-order chi connectivity index (χ1) is 9.28. The van der Waals surface area contributed by atoms with E-state index in [2.05, 4.69) is 24.4 Å². The Kier molecular flexibility index (Phi) is 5.23. The summed E-state index contributed by atoms with van der Waals surface area (Å²) in [5, 5.41) is 3.75. The first kappa shape index (κ1) is 14.4. The molecule has 0 bridgehead atoms. The predicted molar refractivity (Wildman–Crippen MR) is 77.5 cm³/mol. The number of methoxy groups -OCH3 is 2. The third-order valence-corrected chi connectivity index (χ3v) is 3.84. The van der Waals surface area contributed by atoms with Gasteiger partial charge in [-0.3, -0.25) is 0 Å². The Morgan fingerprint density at radius 2 is 1.89 bits per heavy atom. The maximum absolute atomic E-state index is 5.29. The van der Waals surface area contributed by atoms with Crippen LogP contribution < -0.4 is 10.1 Å². The van der Waals surface area contributed by atoms with E-state index in [0.717, 1.165) is 24.7 Å². The van der Waals surface area contributed by atoms with Crippen molar-refractivity contribution in [1.29, 1.82) is 0 Å². The zero-order valence-corrected chi connectivity index (χ0v) is 12.2. The minimum Gasteiger partial charge on any atom is -0.497 e. The van der Waals surface area contributed by atoms with Gasteiger partial charge in [0.1, 0.15) is 5.75 Å². The van der Waals surface area contributed by atoms with E-state index < -0.39 is 0 Å². The van der Waals surface area contributed by atoms with Crippen LogP contribution in [-0.4, -0.2) is 26.9 Å². The van der Waals surface area contributed by atoms with Crippen LogP contribution in [0.25, 0.3) is 0 Å². The Hall–Kier alpha value is -1.06. The third kappa shape index (κ3) is 3.95. The number of hydrogen-bond acceptors (Lipinski definition) is 3. The van der Waals surface area contributed by atoms with Crippen molar-refractivity contribution in [2.75, 3.05) is 20.8 Å². The van der Waals surface area contributed by atoms with Crippen LogP contribution in [0.2, 0.25) is 0 Å². The average molecular weight is 263 g/mol. The number of ether oxygens (including phenoxy) is 2. The molecule has 1 fully saturated rings. The highest BCUT2D eigenvalue weighted by atomic mass is 16.5. The molecule has 1 aromatic rings. The molecule has 2 atom stereocenters. The van der Waals surface area contributed by atoms with E-state index in [1.54, 1.807) is 14.2 Å². The monoisotopic (exact) mass is 263 g/mol. The molecule has 3 heteroatoms. The van der Waals surface area contributed by atoms with Crippen molar-refractivity contribution in [3.63, 3.8) is 0 Å². The molecule has 3 nitrogen and oxygen atoms in total. The fourth-order valence-corrected chi connectivity index (χ4v) is 2.48. The van der Waals surface area contributed by atoms with Crippen molar-refractivity contribution >= 4 is 0 Å². The summed E-state index contributed by atoms with van der Waals surface area (Å²) in [6.45, 7) is 2.98. The van der Waals surface area contributed by atoms with Crippen LogP contribution in [0.5, 0.6) is 5.75 Å². The van der Waals surface area contributed by atoms with Crippen LogP contribution in [0.4, 0.5) is 0 Å². The molecule has 19 heavy (non-hydrogen) atoms. The molecule has 0 aliphatic heterocycles. The van der Waals surface area contributed by atoms with Crippen molar-refractivity contribution < 1.29 is 9.47 Å². The van der Waals surface area contributed by atoms with Crippen LogP contribution in [0, 0.1) is 5.92 Å². The molecule has 1 aliphatic rings. The molecule has 0 amide bonds. The molecular formula is C16H25NO2.